The van der Waals surface area contributed by atoms with Crippen LogP contribution in [0.5, 0.6) is 0 Å². The fraction of sp³-hybridized carbons (Fsp3) is 0.304. The Balaban J connectivity index is 1.66. The lowest BCUT2D eigenvalue weighted by Gasteiger charge is -2.47. The minimum Gasteiger partial charge on any atom is -0.396 e. The molecule has 3 heterocycles. The lowest BCUT2D eigenvalue weighted by atomic mass is 9.86. The normalized spacial score (nSPS) is 21.4. The van der Waals surface area contributed by atoms with Crippen LogP contribution in [0.3, 0.4) is 0 Å². The monoisotopic (exact) mass is 389 g/mol. The van der Waals surface area contributed by atoms with Crippen LogP contribution in [0.15, 0.2) is 54.6 Å². The Morgan fingerprint density at radius 3 is 2.59 bits per heavy atom. The number of nitrogens with zero attached hydrogens (tertiary/aromatic N) is 2. The summed E-state index contributed by atoms with van der Waals surface area (Å²) in [7, 11) is 0. The summed E-state index contributed by atoms with van der Waals surface area (Å²) >= 11 is 0. The summed E-state index contributed by atoms with van der Waals surface area (Å²) in [6, 6.07) is 17.2. The van der Waals surface area contributed by atoms with E-state index >= 15 is 0 Å². The summed E-state index contributed by atoms with van der Waals surface area (Å²) in [6.07, 6.45) is 0.981. The van der Waals surface area contributed by atoms with Crippen LogP contribution in [0.4, 0.5) is 0 Å². The van der Waals surface area contributed by atoms with Crippen molar-refractivity contribution in [1.29, 1.82) is 0 Å². The lowest BCUT2D eigenvalue weighted by Crippen LogP contribution is -2.63. The van der Waals surface area contributed by atoms with Crippen LogP contribution in [0.2, 0.25) is 0 Å². The number of carbonyl (C=O) groups is 2. The van der Waals surface area contributed by atoms with Crippen molar-refractivity contribution in [3.05, 3.63) is 71.4 Å². The number of para-hydroxylation sites is 1. The maximum atomic E-state index is 13.3. The second-order valence-electron chi connectivity index (χ2n) is 7.73. The molecule has 0 bridgehead atoms. The number of aromatic nitrogens is 1. The largest absolute Gasteiger partial charge is 0.396 e. The van der Waals surface area contributed by atoms with E-state index in [-0.39, 0.29) is 31.0 Å². The average molecular weight is 389 g/mol. The fourth-order valence-electron chi connectivity index (χ4n) is 4.76. The average Bonchev–Trinajstić information content (AvgIpc) is 3.13. The third kappa shape index (κ3) is 2.83. The van der Waals surface area contributed by atoms with Gasteiger partial charge in [-0.3, -0.25) is 9.59 Å². The lowest BCUT2D eigenvalue weighted by molar-refractivity contribution is -0.158. The predicted octanol–water partition coefficient (Wildman–Crippen LogP) is 2.24. The molecule has 0 saturated carbocycles. The number of nitrogens with one attached hydrogen (secondary N) is 1. The van der Waals surface area contributed by atoms with Crippen molar-refractivity contribution in [3.8, 4) is 0 Å². The highest BCUT2D eigenvalue weighted by Gasteiger charge is 2.47. The second-order valence-corrected chi connectivity index (χ2v) is 7.73. The highest BCUT2D eigenvalue weighted by atomic mass is 16.3. The molecule has 2 N–H and O–H groups in total. The molecule has 29 heavy (non-hydrogen) atoms. The van der Waals surface area contributed by atoms with Crippen molar-refractivity contribution in [2.24, 2.45) is 0 Å². The summed E-state index contributed by atoms with van der Waals surface area (Å²) in [4.78, 5) is 33.4. The topological polar surface area (TPSA) is 76.6 Å². The minimum atomic E-state index is -0.521. The number of amides is 2. The van der Waals surface area contributed by atoms with E-state index in [1.807, 2.05) is 48.5 Å². The second kappa shape index (κ2) is 7.04. The van der Waals surface area contributed by atoms with Crippen molar-refractivity contribution in [1.82, 2.24) is 14.8 Å². The molecule has 2 aromatic carbocycles. The van der Waals surface area contributed by atoms with E-state index in [2.05, 4.69) is 11.1 Å². The summed E-state index contributed by atoms with van der Waals surface area (Å²) in [5.74, 6) is -0.0828. The molecule has 2 aliphatic rings. The van der Waals surface area contributed by atoms with E-state index in [4.69, 9.17) is 5.11 Å². The third-order valence-electron chi connectivity index (χ3n) is 6.04. The molecule has 1 saturated heterocycles. The number of aromatic amines is 1. The SMILES string of the molecule is O=C1C2Cc3c([nH]c4ccccc34)C(c3ccccc3)N2C(=O)CN1CCCO. The quantitative estimate of drug-likeness (QED) is 0.719. The maximum absolute atomic E-state index is 13.3. The van der Waals surface area contributed by atoms with Crippen molar-refractivity contribution in [2.45, 2.75) is 24.9 Å². The molecule has 0 aliphatic carbocycles. The van der Waals surface area contributed by atoms with Gasteiger partial charge in [0.15, 0.2) is 0 Å². The number of rotatable bonds is 4. The van der Waals surface area contributed by atoms with Gasteiger partial charge in [-0.05, 0) is 23.6 Å². The summed E-state index contributed by atoms with van der Waals surface area (Å²) in [6.45, 7) is 0.474. The highest BCUT2D eigenvalue weighted by molar-refractivity contribution is 5.97. The van der Waals surface area contributed by atoms with Crippen molar-refractivity contribution in [2.75, 3.05) is 19.7 Å². The van der Waals surface area contributed by atoms with Crippen LogP contribution in [-0.4, -0.2) is 57.4 Å². The third-order valence-corrected chi connectivity index (χ3v) is 6.04. The van der Waals surface area contributed by atoms with Gasteiger partial charge in [0.2, 0.25) is 11.8 Å². The fourth-order valence-corrected chi connectivity index (χ4v) is 4.76. The van der Waals surface area contributed by atoms with E-state index < -0.39 is 6.04 Å². The Hall–Kier alpha value is -3.12. The predicted molar refractivity (Wildman–Crippen MR) is 109 cm³/mol. The first-order valence-electron chi connectivity index (χ1n) is 10.0. The maximum Gasteiger partial charge on any atom is 0.246 e. The van der Waals surface area contributed by atoms with Gasteiger partial charge in [0.1, 0.15) is 6.04 Å². The van der Waals surface area contributed by atoms with Gasteiger partial charge < -0.3 is 19.9 Å². The minimum absolute atomic E-state index is 0.00554. The molecule has 148 valence electrons. The Morgan fingerprint density at radius 1 is 1.03 bits per heavy atom. The van der Waals surface area contributed by atoms with E-state index in [1.54, 1.807) is 9.80 Å². The van der Waals surface area contributed by atoms with Crippen molar-refractivity contribution < 1.29 is 14.7 Å². The summed E-state index contributed by atoms with van der Waals surface area (Å²) < 4.78 is 0. The van der Waals surface area contributed by atoms with Crippen LogP contribution in [0.1, 0.15) is 29.3 Å². The Bertz CT molecular complexity index is 1080. The molecule has 6 nitrogen and oxygen atoms in total. The molecule has 5 rings (SSSR count). The Kier molecular flexibility index (Phi) is 4.36. The van der Waals surface area contributed by atoms with E-state index in [9.17, 15) is 9.59 Å². The molecule has 0 spiro atoms. The first kappa shape index (κ1) is 17.9. The van der Waals surface area contributed by atoms with Gasteiger partial charge >= 0.3 is 0 Å². The van der Waals surface area contributed by atoms with Gasteiger partial charge in [-0.25, -0.2) is 0 Å². The van der Waals surface area contributed by atoms with Gasteiger partial charge in [0, 0.05) is 36.2 Å². The Labute approximate surface area is 168 Å². The van der Waals surface area contributed by atoms with Gasteiger partial charge in [-0.2, -0.15) is 0 Å². The van der Waals surface area contributed by atoms with E-state index in [0.29, 0.717) is 19.4 Å². The molecule has 1 fully saturated rings. The van der Waals surface area contributed by atoms with E-state index in [0.717, 1.165) is 27.7 Å². The summed E-state index contributed by atoms with van der Waals surface area (Å²) in [5.41, 5.74) is 4.13. The number of piperazine rings is 1. The Morgan fingerprint density at radius 2 is 1.79 bits per heavy atom. The number of fused-ring (bicyclic) bond motifs is 4. The van der Waals surface area contributed by atoms with Crippen LogP contribution < -0.4 is 0 Å². The van der Waals surface area contributed by atoms with Crippen molar-refractivity contribution >= 4 is 22.7 Å². The van der Waals surface area contributed by atoms with Crippen LogP contribution >= 0.6 is 0 Å². The molecule has 2 atom stereocenters. The number of aliphatic hydroxyl groups excluding tert-OH is 1. The zero-order valence-corrected chi connectivity index (χ0v) is 16.0. The summed E-state index contributed by atoms with van der Waals surface area (Å²) in [5, 5.41) is 10.3. The molecule has 2 unspecified atom stereocenters. The number of carbonyl (C=O) groups excluding carboxylic acids is 2. The standard InChI is InChI=1S/C23H23N3O3/c27-12-6-11-25-14-20(28)26-19(23(25)29)13-17-16-9-4-5-10-18(16)24-21(17)22(26)15-7-2-1-3-8-15/h1-5,7-10,19,22,24,27H,6,11-14H2. The zero-order chi connectivity index (χ0) is 20.0. The van der Waals surface area contributed by atoms with Gasteiger partial charge in [0.25, 0.3) is 0 Å². The molecular formula is C23H23N3O3. The molecule has 0 radical (unpaired) electrons. The van der Waals surface area contributed by atoms with Crippen LogP contribution in [0.25, 0.3) is 10.9 Å². The zero-order valence-electron chi connectivity index (χ0n) is 16.0. The number of hydrogen-bond donors (Lipinski definition) is 2. The van der Waals surface area contributed by atoms with Gasteiger partial charge in [0.05, 0.1) is 12.6 Å². The number of H-pyrrole nitrogens is 1. The molecule has 2 amide bonds. The molecule has 1 aromatic heterocycles. The molecule has 6 heteroatoms. The molecular weight excluding hydrogens is 366 g/mol. The highest BCUT2D eigenvalue weighted by Crippen LogP contribution is 2.42. The van der Waals surface area contributed by atoms with E-state index in [1.165, 1.54) is 0 Å². The first-order chi connectivity index (χ1) is 14.2. The first-order valence-corrected chi connectivity index (χ1v) is 10.0. The molecule has 3 aromatic rings. The van der Waals surface area contributed by atoms with Crippen LogP contribution in [-0.2, 0) is 16.0 Å². The smallest absolute Gasteiger partial charge is 0.246 e. The number of benzene rings is 2. The molecule has 2 aliphatic heterocycles. The van der Waals surface area contributed by atoms with Crippen LogP contribution in [0, 0.1) is 0 Å². The number of hydrogen-bond acceptors (Lipinski definition) is 3. The van der Waals surface area contributed by atoms with Gasteiger partial charge in [-0.15, -0.1) is 0 Å². The van der Waals surface area contributed by atoms with Crippen molar-refractivity contribution in [3.63, 3.8) is 0 Å². The van der Waals surface area contributed by atoms with Gasteiger partial charge in [-0.1, -0.05) is 48.5 Å². The number of aliphatic hydroxyl groups is 1.